The summed E-state index contributed by atoms with van der Waals surface area (Å²) in [5.74, 6) is -0.638. The summed E-state index contributed by atoms with van der Waals surface area (Å²) in [6.07, 6.45) is 0. The topological polar surface area (TPSA) is 79.2 Å². The molecule has 0 spiro atoms. The maximum absolute atomic E-state index is 12.6. The zero-order chi connectivity index (χ0) is 21.5. The van der Waals surface area contributed by atoms with Crippen LogP contribution in [-0.4, -0.2) is 18.5 Å². The van der Waals surface area contributed by atoms with Gasteiger partial charge in [0.2, 0.25) is 0 Å². The van der Waals surface area contributed by atoms with E-state index in [1.54, 1.807) is 48.5 Å². The molecule has 150 valence electrons. The van der Waals surface area contributed by atoms with Gasteiger partial charge in [-0.3, -0.25) is 4.79 Å². The number of benzene rings is 3. The van der Waals surface area contributed by atoms with E-state index < -0.39 is 18.5 Å². The predicted octanol–water partition coefficient (Wildman–Crippen LogP) is 5.14. The number of anilines is 1. The Morgan fingerprint density at radius 2 is 1.57 bits per heavy atom. The number of ether oxygens (including phenoxy) is 1. The Kier molecular flexibility index (Phi) is 6.61. The Morgan fingerprint density at radius 1 is 0.933 bits per heavy atom. The zero-order valence-electron chi connectivity index (χ0n) is 16.9. The number of hydrogen-bond acceptors (Lipinski definition) is 4. The molecule has 0 bridgehead atoms. The first-order valence-electron chi connectivity index (χ1n) is 9.65. The Hall–Kier alpha value is -3.91. The van der Waals surface area contributed by atoms with Crippen LogP contribution in [0.3, 0.4) is 0 Å². The number of nitrogens with one attached hydrogen (secondary N) is 1. The van der Waals surface area contributed by atoms with E-state index in [2.05, 4.69) is 25.2 Å². The van der Waals surface area contributed by atoms with Crippen LogP contribution in [0.4, 0.5) is 5.69 Å². The summed E-state index contributed by atoms with van der Waals surface area (Å²) in [7, 11) is 0. The number of carbonyl (C=O) groups is 2. The highest BCUT2D eigenvalue weighted by atomic mass is 16.5. The molecule has 1 N–H and O–H groups in total. The lowest BCUT2D eigenvalue weighted by atomic mass is 9.96. The fourth-order valence-electron chi connectivity index (χ4n) is 3.07. The van der Waals surface area contributed by atoms with E-state index in [9.17, 15) is 14.9 Å². The lowest BCUT2D eigenvalue weighted by Gasteiger charge is -2.11. The van der Waals surface area contributed by atoms with Crippen molar-refractivity contribution in [3.05, 3.63) is 89.5 Å². The molecule has 0 unspecified atom stereocenters. The molecular weight excluding hydrogens is 376 g/mol. The number of rotatable bonds is 6. The van der Waals surface area contributed by atoms with Crippen LogP contribution < -0.4 is 5.32 Å². The minimum atomic E-state index is -0.622. The van der Waals surface area contributed by atoms with Crippen LogP contribution in [0, 0.1) is 11.3 Å². The van der Waals surface area contributed by atoms with Gasteiger partial charge in [0.1, 0.15) is 0 Å². The van der Waals surface area contributed by atoms with Crippen molar-refractivity contribution in [1.29, 1.82) is 5.26 Å². The van der Waals surface area contributed by atoms with E-state index in [0.717, 1.165) is 0 Å². The highest BCUT2D eigenvalue weighted by Crippen LogP contribution is 2.27. The second kappa shape index (κ2) is 9.53. The molecule has 0 saturated carbocycles. The summed E-state index contributed by atoms with van der Waals surface area (Å²) in [5.41, 5.74) is 3.80. The molecule has 30 heavy (non-hydrogen) atoms. The van der Waals surface area contributed by atoms with Gasteiger partial charge < -0.3 is 10.1 Å². The molecule has 0 saturated heterocycles. The predicted molar refractivity (Wildman–Crippen MR) is 116 cm³/mol. The van der Waals surface area contributed by atoms with Crippen LogP contribution in [-0.2, 0) is 9.53 Å². The van der Waals surface area contributed by atoms with Crippen molar-refractivity contribution < 1.29 is 14.3 Å². The molecule has 0 atom stereocenters. The summed E-state index contributed by atoms with van der Waals surface area (Å²) in [6.45, 7) is 3.79. The van der Waals surface area contributed by atoms with Gasteiger partial charge in [-0.25, -0.2) is 4.79 Å². The van der Waals surface area contributed by atoms with Crippen LogP contribution in [0.15, 0.2) is 72.8 Å². The third-order valence-electron chi connectivity index (χ3n) is 4.68. The SMILES string of the molecule is CC(C)c1ccc(NC(=O)COC(=O)c2ccccc2-c2ccccc2C#N)cc1. The summed E-state index contributed by atoms with van der Waals surface area (Å²) in [5, 5.41) is 12.1. The van der Waals surface area contributed by atoms with E-state index in [-0.39, 0.29) is 0 Å². The number of carbonyl (C=O) groups excluding carboxylic acids is 2. The van der Waals surface area contributed by atoms with Crippen molar-refractivity contribution >= 4 is 17.6 Å². The number of amides is 1. The summed E-state index contributed by atoms with van der Waals surface area (Å²) in [4.78, 5) is 24.8. The molecule has 5 nitrogen and oxygen atoms in total. The highest BCUT2D eigenvalue weighted by molar-refractivity contribution is 6.00. The van der Waals surface area contributed by atoms with E-state index >= 15 is 0 Å². The monoisotopic (exact) mass is 398 g/mol. The second-order valence-corrected chi connectivity index (χ2v) is 7.10. The van der Waals surface area contributed by atoms with E-state index in [4.69, 9.17) is 4.74 Å². The van der Waals surface area contributed by atoms with E-state index in [1.807, 2.05) is 24.3 Å². The second-order valence-electron chi connectivity index (χ2n) is 7.10. The van der Waals surface area contributed by atoms with Crippen molar-refractivity contribution in [2.24, 2.45) is 0 Å². The molecular formula is C25H22N2O3. The Morgan fingerprint density at radius 3 is 2.23 bits per heavy atom. The molecule has 0 aliphatic heterocycles. The summed E-state index contributed by atoms with van der Waals surface area (Å²) < 4.78 is 5.23. The van der Waals surface area contributed by atoms with Crippen molar-refractivity contribution in [3.8, 4) is 17.2 Å². The van der Waals surface area contributed by atoms with Gasteiger partial charge in [-0.1, -0.05) is 62.4 Å². The average Bonchev–Trinajstić information content (AvgIpc) is 2.77. The van der Waals surface area contributed by atoms with Crippen LogP contribution in [0.1, 0.15) is 41.3 Å². The first kappa shape index (κ1) is 20.8. The normalized spacial score (nSPS) is 10.3. The van der Waals surface area contributed by atoms with Gasteiger partial charge in [0.25, 0.3) is 5.91 Å². The number of hydrogen-bond donors (Lipinski definition) is 1. The van der Waals surface area contributed by atoms with E-state index in [0.29, 0.717) is 33.9 Å². The molecule has 3 aromatic rings. The van der Waals surface area contributed by atoms with Gasteiger partial charge in [0.05, 0.1) is 17.2 Å². The Labute approximate surface area is 175 Å². The maximum atomic E-state index is 12.6. The van der Waals surface area contributed by atoms with Crippen molar-refractivity contribution in [2.75, 3.05) is 11.9 Å². The molecule has 3 aromatic carbocycles. The molecule has 0 heterocycles. The molecule has 3 rings (SSSR count). The lowest BCUT2D eigenvalue weighted by Crippen LogP contribution is -2.21. The fraction of sp³-hybridized carbons (Fsp3) is 0.160. The lowest BCUT2D eigenvalue weighted by molar-refractivity contribution is -0.119. The zero-order valence-corrected chi connectivity index (χ0v) is 16.9. The van der Waals surface area contributed by atoms with Gasteiger partial charge in [-0.05, 0) is 41.3 Å². The molecule has 0 fully saturated rings. The molecule has 0 aromatic heterocycles. The quantitative estimate of drug-likeness (QED) is 0.583. The molecule has 0 radical (unpaired) electrons. The van der Waals surface area contributed by atoms with Gasteiger partial charge >= 0.3 is 5.97 Å². The van der Waals surface area contributed by atoms with Crippen LogP contribution in [0.5, 0.6) is 0 Å². The summed E-state index contributed by atoms with van der Waals surface area (Å²) >= 11 is 0. The molecule has 0 aliphatic rings. The Bertz CT molecular complexity index is 1100. The molecule has 0 aliphatic carbocycles. The third kappa shape index (κ3) is 4.92. The molecule has 5 heteroatoms. The number of nitrogens with zero attached hydrogens (tertiary/aromatic N) is 1. The van der Waals surface area contributed by atoms with Gasteiger partial charge in [-0.2, -0.15) is 5.26 Å². The van der Waals surface area contributed by atoms with Gasteiger partial charge in [0.15, 0.2) is 6.61 Å². The first-order chi connectivity index (χ1) is 14.5. The van der Waals surface area contributed by atoms with Crippen LogP contribution >= 0.6 is 0 Å². The number of nitriles is 1. The average molecular weight is 398 g/mol. The van der Waals surface area contributed by atoms with Crippen LogP contribution in [0.2, 0.25) is 0 Å². The smallest absolute Gasteiger partial charge is 0.339 e. The largest absolute Gasteiger partial charge is 0.452 e. The van der Waals surface area contributed by atoms with Gasteiger partial charge in [0, 0.05) is 11.3 Å². The number of esters is 1. The highest BCUT2D eigenvalue weighted by Gasteiger charge is 2.17. The molecule has 1 amide bonds. The van der Waals surface area contributed by atoms with Crippen molar-refractivity contribution in [1.82, 2.24) is 0 Å². The van der Waals surface area contributed by atoms with Crippen molar-refractivity contribution in [2.45, 2.75) is 19.8 Å². The van der Waals surface area contributed by atoms with Gasteiger partial charge in [-0.15, -0.1) is 0 Å². The van der Waals surface area contributed by atoms with Crippen molar-refractivity contribution in [3.63, 3.8) is 0 Å². The Balaban J connectivity index is 1.68. The third-order valence-corrected chi connectivity index (χ3v) is 4.68. The minimum absolute atomic E-state index is 0.300. The first-order valence-corrected chi connectivity index (χ1v) is 9.65. The van der Waals surface area contributed by atoms with Crippen LogP contribution in [0.25, 0.3) is 11.1 Å². The summed E-state index contributed by atoms with van der Waals surface area (Å²) in [6, 6.07) is 23.6. The minimum Gasteiger partial charge on any atom is -0.452 e. The fourth-order valence-corrected chi connectivity index (χ4v) is 3.07. The van der Waals surface area contributed by atoms with E-state index in [1.165, 1.54) is 5.56 Å². The maximum Gasteiger partial charge on any atom is 0.339 e. The standard InChI is InChI=1S/C25H22N2O3/c1-17(2)18-11-13-20(14-12-18)27-24(28)16-30-25(29)23-10-6-5-9-22(23)21-8-4-3-7-19(21)15-26/h3-14,17H,16H2,1-2H3,(H,27,28).